The van der Waals surface area contributed by atoms with Crippen molar-refractivity contribution in [1.29, 1.82) is 0 Å². The Labute approximate surface area is 141 Å². The van der Waals surface area contributed by atoms with Crippen LogP contribution in [0, 0.1) is 6.92 Å². The monoisotopic (exact) mass is 308 g/mol. The van der Waals surface area contributed by atoms with Crippen LogP contribution < -0.4 is 0 Å². The Bertz CT molecular complexity index is 628. The van der Waals surface area contributed by atoms with Gasteiger partial charge in [-0.2, -0.15) is 0 Å². The Morgan fingerprint density at radius 3 is 2.61 bits per heavy atom. The minimum absolute atomic E-state index is 0.293. The van der Waals surface area contributed by atoms with Crippen LogP contribution in [0.2, 0.25) is 0 Å². The lowest BCUT2D eigenvalue weighted by atomic mass is 9.95. The summed E-state index contributed by atoms with van der Waals surface area (Å²) < 4.78 is 0. The molecule has 0 amide bonds. The molecule has 0 spiro atoms. The van der Waals surface area contributed by atoms with E-state index < -0.39 is 0 Å². The Kier molecular flexibility index (Phi) is 8.59. The van der Waals surface area contributed by atoms with Crippen LogP contribution in [-0.4, -0.2) is 11.2 Å². The molecule has 0 aliphatic rings. The van der Waals surface area contributed by atoms with Gasteiger partial charge >= 0.3 is 0 Å². The maximum absolute atomic E-state index is 4.35. The number of hydrogen-bond donors (Lipinski definition) is 0. The van der Waals surface area contributed by atoms with Gasteiger partial charge in [-0.15, -0.1) is 0 Å². The van der Waals surface area contributed by atoms with Crippen molar-refractivity contribution in [1.82, 2.24) is 4.98 Å². The maximum Gasteiger partial charge on any atom is 0.0346 e. The molecule has 0 bridgehead atoms. The van der Waals surface area contributed by atoms with Crippen LogP contribution in [0.3, 0.4) is 0 Å². The number of nitrogens with zero attached hydrogens (tertiary/aromatic N) is 2. The molecule has 0 radical (unpaired) electrons. The number of hydrogen-bond acceptors (Lipinski definition) is 2. The molecule has 1 atom stereocenters. The topological polar surface area (TPSA) is 25.2 Å². The third-order valence-corrected chi connectivity index (χ3v) is 3.36. The summed E-state index contributed by atoms with van der Waals surface area (Å²) in [5, 5.41) is 0. The van der Waals surface area contributed by atoms with E-state index >= 15 is 0 Å². The highest BCUT2D eigenvalue weighted by atomic mass is 14.7. The predicted octanol–water partition coefficient (Wildman–Crippen LogP) is 6.18. The van der Waals surface area contributed by atoms with Gasteiger partial charge in [-0.05, 0) is 30.5 Å². The number of aliphatic imine (C=N–C) groups is 1. The SMILES string of the molecule is CC.CC/C=C\N=CC(C)c1cc(C)cc(-c2cccnc2)c1. The minimum atomic E-state index is 0.293. The van der Waals surface area contributed by atoms with Crippen LogP contribution >= 0.6 is 0 Å². The Hall–Kier alpha value is -2.22. The summed E-state index contributed by atoms with van der Waals surface area (Å²) in [4.78, 5) is 8.55. The van der Waals surface area contributed by atoms with Crippen LogP contribution in [0.1, 0.15) is 51.2 Å². The molecule has 1 aromatic heterocycles. The van der Waals surface area contributed by atoms with Gasteiger partial charge in [-0.25, -0.2) is 0 Å². The summed E-state index contributed by atoms with van der Waals surface area (Å²) in [6.45, 7) is 10.4. The van der Waals surface area contributed by atoms with Crippen molar-refractivity contribution in [3.05, 3.63) is 66.1 Å². The average Bonchev–Trinajstić information content (AvgIpc) is 2.60. The summed E-state index contributed by atoms with van der Waals surface area (Å²) in [6.07, 6.45) is 10.6. The van der Waals surface area contributed by atoms with Crippen LogP contribution in [-0.2, 0) is 0 Å². The van der Waals surface area contributed by atoms with E-state index in [0.29, 0.717) is 5.92 Å². The Morgan fingerprint density at radius 2 is 1.96 bits per heavy atom. The molecule has 0 aliphatic carbocycles. The third kappa shape index (κ3) is 6.19. The fraction of sp³-hybridized carbons (Fsp3) is 0.333. The maximum atomic E-state index is 4.35. The first kappa shape index (κ1) is 18.8. The molecule has 0 aliphatic heterocycles. The molecule has 0 fully saturated rings. The molecule has 0 saturated heterocycles. The van der Waals surface area contributed by atoms with E-state index in [9.17, 15) is 0 Å². The molecular weight excluding hydrogens is 280 g/mol. The standard InChI is InChI=1S/C19H22N2.C2H6/c1-4-5-8-20-13-16(3)18-10-15(2)11-19(12-18)17-7-6-9-21-14-17;1-2/h5-14,16H,4H2,1-3H3;1-2H3/b8-5-,20-13?;. The van der Waals surface area contributed by atoms with E-state index in [1.54, 1.807) is 6.20 Å². The van der Waals surface area contributed by atoms with E-state index in [-0.39, 0.29) is 0 Å². The zero-order valence-electron chi connectivity index (χ0n) is 15.0. The average molecular weight is 308 g/mol. The molecule has 1 unspecified atom stereocenters. The highest BCUT2D eigenvalue weighted by Crippen LogP contribution is 2.25. The number of rotatable bonds is 5. The summed E-state index contributed by atoms with van der Waals surface area (Å²) >= 11 is 0. The van der Waals surface area contributed by atoms with E-state index in [2.05, 4.69) is 61.1 Å². The first-order valence-electron chi connectivity index (χ1n) is 8.41. The van der Waals surface area contributed by atoms with Gasteiger partial charge < -0.3 is 0 Å². The number of aryl methyl sites for hydroxylation is 1. The van der Waals surface area contributed by atoms with Gasteiger partial charge in [0.2, 0.25) is 0 Å². The van der Waals surface area contributed by atoms with Gasteiger partial charge in [0.15, 0.2) is 0 Å². The van der Waals surface area contributed by atoms with Gasteiger partial charge in [0.05, 0.1) is 0 Å². The molecule has 2 rings (SSSR count). The predicted molar refractivity (Wildman–Crippen MR) is 102 cm³/mol. The summed E-state index contributed by atoms with van der Waals surface area (Å²) in [6, 6.07) is 10.7. The molecule has 1 heterocycles. The van der Waals surface area contributed by atoms with Gasteiger partial charge in [-0.3, -0.25) is 9.98 Å². The molecule has 23 heavy (non-hydrogen) atoms. The molecule has 2 nitrogen and oxygen atoms in total. The van der Waals surface area contributed by atoms with Crippen molar-refractivity contribution in [2.75, 3.05) is 0 Å². The molecule has 1 aromatic carbocycles. The van der Waals surface area contributed by atoms with Gasteiger partial charge in [0.25, 0.3) is 0 Å². The quantitative estimate of drug-likeness (QED) is 0.605. The molecule has 2 aromatic rings. The second-order valence-electron chi connectivity index (χ2n) is 5.25. The highest BCUT2D eigenvalue weighted by Gasteiger charge is 2.06. The number of allylic oxidation sites excluding steroid dienone is 1. The zero-order chi connectivity index (χ0) is 17.1. The largest absolute Gasteiger partial charge is 0.269 e. The van der Waals surface area contributed by atoms with Crippen molar-refractivity contribution in [3.63, 3.8) is 0 Å². The van der Waals surface area contributed by atoms with Crippen LogP contribution in [0.15, 0.2) is 60.0 Å². The van der Waals surface area contributed by atoms with Gasteiger partial charge in [-0.1, -0.05) is 63.6 Å². The third-order valence-electron chi connectivity index (χ3n) is 3.36. The summed E-state index contributed by atoms with van der Waals surface area (Å²) in [7, 11) is 0. The van der Waals surface area contributed by atoms with Crippen LogP contribution in [0.25, 0.3) is 11.1 Å². The first-order valence-corrected chi connectivity index (χ1v) is 8.41. The van der Waals surface area contributed by atoms with Crippen LogP contribution in [0.5, 0.6) is 0 Å². The number of aromatic nitrogens is 1. The van der Waals surface area contributed by atoms with E-state index in [4.69, 9.17) is 0 Å². The lowest BCUT2D eigenvalue weighted by Gasteiger charge is -2.10. The summed E-state index contributed by atoms with van der Waals surface area (Å²) in [5.74, 6) is 0.293. The molecule has 122 valence electrons. The molecular formula is C21H28N2. The zero-order valence-corrected chi connectivity index (χ0v) is 15.0. The van der Waals surface area contributed by atoms with Crippen molar-refractivity contribution >= 4 is 6.21 Å². The Morgan fingerprint density at radius 1 is 1.17 bits per heavy atom. The van der Waals surface area contributed by atoms with E-state index in [1.165, 1.54) is 16.7 Å². The van der Waals surface area contributed by atoms with E-state index in [1.807, 2.05) is 38.5 Å². The van der Waals surface area contributed by atoms with Crippen molar-refractivity contribution in [3.8, 4) is 11.1 Å². The molecule has 0 saturated carbocycles. The Balaban J connectivity index is 0.00000127. The van der Waals surface area contributed by atoms with E-state index in [0.717, 1.165) is 12.0 Å². The second-order valence-corrected chi connectivity index (χ2v) is 5.25. The highest BCUT2D eigenvalue weighted by molar-refractivity contribution is 5.71. The number of pyridine rings is 1. The van der Waals surface area contributed by atoms with Gasteiger partial charge in [0.1, 0.15) is 0 Å². The van der Waals surface area contributed by atoms with Crippen LogP contribution in [0.4, 0.5) is 0 Å². The second kappa shape index (κ2) is 10.5. The fourth-order valence-corrected chi connectivity index (χ4v) is 2.21. The van der Waals surface area contributed by atoms with Crippen molar-refractivity contribution < 1.29 is 0 Å². The molecule has 0 N–H and O–H groups in total. The van der Waals surface area contributed by atoms with Crippen molar-refractivity contribution in [2.45, 2.75) is 47.0 Å². The number of benzene rings is 1. The smallest absolute Gasteiger partial charge is 0.0346 e. The lowest BCUT2D eigenvalue weighted by Crippen LogP contribution is -1.96. The van der Waals surface area contributed by atoms with Gasteiger partial charge in [0, 0.05) is 36.3 Å². The fourth-order valence-electron chi connectivity index (χ4n) is 2.21. The first-order chi connectivity index (χ1) is 11.2. The van der Waals surface area contributed by atoms with Crippen molar-refractivity contribution in [2.24, 2.45) is 4.99 Å². The summed E-state index contributed by atoms with van der Waals surface area (Å²) in [5.41, 5.74) is 4.90. The normalized spacial score (nSPS) is 12.2. The minimum Gasteiger partial charge on any atom is -0.269 e. The molecule has 2 heteroatoms. The lowest BCUT2D eigenvalue weighted by molar-refractivity contribution is 1.04.